The molecule has 53 heavy (non-hydrogen) atoms. The third-order valence-corrected chi connectivity index (χ3v) is 11.3. The summed E-state index contributed by atoms with van der Waals surface area (Å²) in [6, 6.07) is 17.8. The molecule has 292 valence electrons. The summed E-state index contributed by atoms with van der Waals surface area (Å²) in [5.74, 6) is 6.97. The van der Waals surface area contributed by atoms with E-state index in [1.807, 2.05) is 0 Å². The summed E-state index contributed by atoms with van der Waals surface area (Å²) in [5, 5.41) is 0. The first-order valence-corrected chi connectivity index (χ1v) is 22.7. The van der Waals surface area contributed by atoms with Gasteiger partial charge < -0.3 is 5.53 Å². The minimum Gasteiger partial charge on any atom is -0.493 e. The van der Waals surface area contributed by atoms with E-state index in [0.29, 0.717) is 0 Å². The van der Waals surface area contributed by atoms with Crippen LogP contribution in [0.2, 0.25) is 0 Å². The second kappa shape index (κ2) is 28.5. The zero-order chi connectivity index (χ0) is 37.8. The average Bonchev–Trinajstić information content (AvgIpc) is 3.45. The molecular formula is C51H78N2. The highest BCUT2D eigenvalue weighted by atomic mass is 15.2. The van der Waals surface area contributed by atoms with Crippen LogP contribution in [-0.2, 0) is 12.8 Å². The van der Waals surface area contributed by atoms with E-state index in [1.165, 1.54) is 150 Å². The Morgan fingerprint density at radius 2 is 0.906 bits per heavy atom. The van der Waals surface area contributed by atoms with Gasteiger partial charge in [-0.15, -0.1) is 11.8 Å². The van der Waals surface area contributed by atoms with Gasteiger partial charge in [0, 0.05) is 35.1 Å². The van der Waals surface area contributed by atoms with E-state index in [4.69, 9.17) is 0 Å². The van der Waals surface area contributed by atoms with Crippen LogP contribution in [0.25, 0.3) is 16.9 Å². The molecule has 0 radical (unpaired) electrons. The van der Waals surface area contributed by atoms with Crippen LogP contribution < -0.4 is 0 Å². The Morgan fingerprint density at radius 1 is 0.434 bits per heavy atom. The molecule has 0 bridgehead atoms. The van der Waals surface area contributed by atoms with Gasteiger partial charge in [0.15, 0.2) is 0 Å². The third kappa shape index (κ3) is 16.5. The van der Waals surface area contributed by atoms with E-state index >= 15 is 0 Å². The molecule has 0 aliphatic carbocycles. The van der Waals surface area contributed by atoms with Gasteiger partial charge in [-0.1, -0.05) is 174 Å². The van der Waals surface area contributed by atoms with Gasteiger partial charge >= 0.3 is 0 Å². The SMILES string of the molecule is CCCCCCCCCCCCCCCCCC#CCCCc1ccccc1C1=C(CCCCC)C(CCCC)=C(c2ccc(CCCC)cc2)[N+]1=[N-]. The molecule has 0 atom stereocenters. The standard InChI is InChI=1S/C51H78N2/c1-5-9-13-14-15-16-17-18-19-20-21-22-23-24-25-26-27-28-29-31-35-45-36-32-33-38-47(45)51-49(39-30-10-6-2)48(37-12-8-4)50(53(51)52)46-42-40-44(41-43-46)34-11-7-3/h32-33,36,38,40-43H,5-26,29-31,34-35,37,39H2,1-4H3. The Morgan fingerprint density at radius 3 is 1.51 bits per heavy atom. The van der Waals surface area contributed by atoms with Gasteiger partial charge in [0.25, 0.3) is 0 Å². The van der Waals surface area contributed by atoms with E-state index < -0.39 is 0 Å². The molecule has 1 heterocycles. The Bertz CT molecular complexity index is 1410. The van der Waals surface area contributed by atoms with Crippen molar-refractivity contribution in [1.29, 1.82) is 0 Å². The number of benzene rings is 2. The molecule has 0 spiro atoms. The average molecular weight is 719 g/mol. The summed E-state index contributed by atoms with van der Waals surface area (Å²) >= 11 is 0. The lowest BCUT2D eigenvalue weighted by molar-refractivity contribution is -0.345. The van der Waals surface area contributed by atoms with Gasteiger partial charge in [-0.3, -0.25) is 0 Å². The van der Waals surface area contributed by atoms with Gasteiger partial charge in [-0.2, -0.15) is 0 Å². The van der Waals surface area contributed by atoms with Gasteiger partial charge in [0.1, 0.15) is 0 Å². The first-order chi connectivity index (χ1) is 26.2. The minimum absolute atomic E-state index is 0.938. The van der Waals surface area contributed by atoms with Crippen molar-refractivity contribution in [1.82, 2.24) is 0 Å². The Kier molecular flexibility index (Phi) is 23.9. The molecule has 3 rings (SSSR count). The van der Waals surface area contributed by atoms with Crippen molar-refractivity contribution in [3.05, 3.63) is 87.5 Å². The number of nitrogens with zero attached hydrogens (tertiary/aromatic N) is 2. The molecule has 2 heteroatoms. The first kappa shape index (κ1) is 44.5. The van der Waals surface area contributed by atoms with Crippen molar-refractivity contribution < 1.29 is 4.70 Å². The fourth-order valence-corrected chi connectivity index (χ4v) is 7.98. The predicted molar refractivity (Wildman–Crippen MR) is 233 cm³/mol. The van der Waals surface area contributed by atoms with E-state index in [9.17, 15) is 5.53 Å². The lowest BCUT2D eigenvalue weighted by atomic mass is 9.90. The van der Waals surface area contributed by atoms with Gasteiger partial charge in [-0.25, -0.2) is 4.70 Å². The van der Waals surface area contributed by atoms with Gasteiger partial charge in [0.05, 0.1) is 0 Å². The topological polar surface area (TPSA) is 25.3 Å². The van der Waals surface area contributed by atoms with Crippen molar-refractivity contribution in [2.24, 2.45) is 0 Å². The second-order valence-electron chi connectivity index (χ2n) is 15.9. The number of hydrogen-bond acceptors (Lipinski definition) is 0. The Balaban J connectivity index is 1.51. The highest BCUT2D eigenvalue weighted by Gasteiger charge is 2.35. The molecule has 1 aliphatic rings. The molecule has 1 aliphatic heterocycles. The number of unbranched alkanes of at least 4 members (excludes halogenated alkanes) is 20. The molecule has 0 amide bonds. The summed E-state index contributed by atoms with van der Waals surface area (Å²) in [5.41, 5.74) is 21.9. The van der Waals surface area contributed by atoms with E-state index in [-0.39, 0.29) is 0 Å². The van der Waals surface area contributed by atoms with Crippen molar-refractivity contribution in [2.75, 3.05) is 0 Å². The second-order valence-corrected chi connectivity index (χ2v) is 15.9. The summed E-state index contributed by atoms with van der Waals surface area (Å²) in [6.07, 6.45) is 36.5. The highest BCUT2D eigenvalue weighted by molar-refractivity contribution is 5.82. The number of aryl methyl sites for hydroxylation is 2. The normalized spacial score (nSPS) is 12.9. The van der Waals surface area contributed by atoms with Crippen molar-refractivity contribution in [3.8, 4) is 11.8 Å². The van der Waals surface area contributed by atoms with Crippen LogP contribution in [0.5, 0.6) is 0 Å². The highest BCUT2D eigenvalue weighted by Crippen LogP contribution is 2.45. The maximum absolute atomic E-state index is 12.1. The number of rotatable bonds is 30. The Labute approximate surface area is 328 Å². The van der Waals surface area contributed by atoms with E-state index in [1.54, 1.807) is 4.70 Å². The van der Waals surface area contributed by atoms with E-state index in [0.717, 1.165) is 81.2 Å². The largest absolute Gasteiger partial charge is 0.493 e. The lowest BCUT2D eigenvalue weighted by Crippen LogP contribution is -2.05. The smallest absolute Gasteiger partial charge is 0.211 e. The quantitative estimate of drug-likeness (QED) is 0.0437. The molecule has 0 saturated heterocycles. The van der Waals surface area contributed by atoms with Crippen LogP contribution in [0, 0.1) is 11.8 Å². The lowest BCUT2D eigenvalue weighted by Gasteiger charge is -2.13. The molecule has 2 nitrogen and oxygen atoms in total. The molecule has 0 N–H and O–H groups in total. The summed E-state index contributed by atoms with van der Waals surface area (Å²) in [6.45, 7) is 9.10. The zero-order valence-electron chi connectivity index (χ0n) is 35.0. The summed E-state index contributed by atoms with van der Waals surface area (Å²) in [4.78, 5) is 0. The zero-order valence-corrected chi connectivity index (χ0v) is 35.0. The van der Waals surface area contributed by atoms with Crippen LogP contribution in [0.1, 0.15) is 223 Å². The number of allylic oxidation sites excluding steroid dienone is 2. The van der Waals surface area contributed by atoms with Crippen molar-refractivity contribution in [2.45, 2.75) is 214 Å². The molecule has 0 saturated carbocycles. The molecule has 0 fully saturated rings. The van der Waals surface area contributed by atoms with Crippen molar-refractivity contribution >= 4 is 11.4 Å². The maximum Gasteiger partial charge on any atom is 0.211 e. The summed E-state index contributed by atoms with van der Waals surface area (Å²) in [7, 11) is 0. The number of hydrogen-bond donors (Lipinski definition) is 0. The van der Waals surface area contributed by atoms with E-state index in [2.05, 4.69) is 88.1 Å². The first-order valence-electron chi connectivity index (χ1n) is 22.7. The fraction of sp³-hybridized carbons (Fsp3) is 0.647. The van der Waals surface area contributed by atoms with Crippen LogP contribution in [-0.4, -0.2) is 4.70 Å². The van der Waals surface area contributed by atoms with Crippen molar-refractivity contribution in [3.63, 3.8) is 0 Å². The van der Waals surface area contributed by atoms with Crippen LogP contribution in [0.3, 0.4) is 0 Å². The fourth-order valence-electron chi connectivity index (χ4n) is 7.98. The van der Waals surface area contributed by atoms with Gasteiger partial charge in [-0.05, 0) is 87.1 Å². The van der Waals surface area contributed by atoms with Crippen LogP contribution in [0.15, 0.2) is 59.7 Å². The maximum atomic E-state index is 12.1. The molecular weight excluding hydrogens is 641 g/mol. The van der Waals surface area contributed by atoms with Crippen LogP contribution >= 0.6 is 0 Å². The molecule has 0 unspecified atom stereocenters. The van der Waals surface area contributed by atoms with Gasteiger partial charge in [0.2, 0.25) is 11.4 Å². The predicted octanol–water partition coefficient (Wildman–Crippen LogP) is 16.6. The monoisotopic (exact) mass is 719 g/mol. The molecule has 2 aromatic rings. The Hall–Kier alpha value is -2.92. The molecule has 0 aromatic heterocycles. The summed E-state index contributed by atoms with van der Waals surface area (Å²) < 4.78 is 1.57. The third-order valence-electron chi connectivity index (χ3n) is 11.3. The molecule has 2 aromatic carbocycles. The minimum atomic E-state index is 0.938. The van der Waals surface area contributed by atoms with Crippen LogP contribution in [0.4, 0.5) is 0 Å².